The van der Waals surface area contributed by atoms with E-state index in [1.165, 1.54) is 18.2 Å². The highest BCUT2D eigenvalue weighted by Gasteiger charge is 2.21. The van der Waals surface area contributed by atoms with Crippen LogP contribution in [0.4, 0.5) is 14.9 Å². The number of imidazole rings is 1. The molecule has 0 aliphatic heterocycles. The maximum Gasteiger partial charge on any atom is 0.407 e. The number of carbonyl (C=O) groups is 2. The highest BCUT2D eigenvalue weighted by atomic mass is 35.5. The molecule has 0 atom stereocenters. The van der Waals surface area contributed by atoms with Crippen LogP contribution < -0.4 is 15.4 Å². The topological polar surface area (TPSA) is 94.5 Å². The molecule has 42 heavy (non-hydrogen) atoms. The molecule has 0 saturated carbocycles. The highest BCUT2D eigenvalue weighted by Crippen LogP contribution is 2.33. The monoisotopic (exact) mass is 634 g/mol. The number of fused-ring (bicyclic) bond motifs is 1. The molecule has 0 radical (unpaired) electrons. The molecule has 2 amide bonds. The van der Waals surface area contributed by atoms with Gasteiger partial charge in [0.15, 0.2) is 0 Å². The fraction of sp³-hybridized carbons (Fsp3) is 0.300. The molecule has 1 heterocycles. The van der Waals surface area contributed by atoms with E-state index in [9.17, 15) is 14.0 Å². The summed E-state index contributed by atoms with van der Waals surface area (Å²) in [6.45, 7) is 7.64. The first kappa shape index (κ1) is 31.4. The number of amides is 2. The molecule has 4 rings (SSSR count). The Kier molecular flexibility index (Phi) is 9.55. The van der Waals surface area contributed by atoms with Crippen LogP contribution in [-0.4, -0.2) is 33.8 Å². The quantitative estimate of drug-likeness (QED) is 0.205. The number of aromatic nitrogens is 2. The lowest BCUT2D eigenvalue weighted by molar-refractivity contribution is 0.0523. The molecule has 12 heteroatoms. The van der Waals surface area contributed by atoms with Crippen LogP contribution in [0.2, 0.25) is 15.1 Å². The molecule has 0 aliphatic carbocycles. The van der Waals surface area contributed by atoms with Gasteiger partial charge in [0.25, 0.3) is 5.91 Å². The summed E-state index contributed by atoms with van der Waals surface area (Å²) in [5.41, 5.74) is 2.53. The van der Waals surface area contributed by atoms with Gasteiger partial charge in [0.05, 0.1) is 33.2 Å². The van der Waals surface area contributed by atoms with Crippen molar-refractivity contribution in [3.8, 4) is 5.75 Å². The summed E-state index contributed by atoms with van der Waals surface area (Å²) < 4.78 is 26.5. The molecule has 0 fully saturated rings. The summed E-state index contributed by atoms with van der Waals surface area (Å²) in [7, 11) is 1.84. The van der Waals surface area contributed by atoms with Crippen LogP contribution in [0.3, 0.4) is 0 Å². The first-order valence-corrected chi connectivity index (χ1v) is 14.2. The molecule has 222 valence electrons. The maximum absolute atomic E-state index is 13.6. The molecule has 3 aromatic carbocycles. The normalized spacial score (nSPS) is 11.5. The van der Waals surface area contributed by atoms with E-state index >= 15 is 0 Å². The van der Waals surface area contributed by atoms with E-state index in [0.717, 1.165) is 5.52 Å². The van der Waals surface area contributed by atoms with Crippen molar-refractivity contribution in [2.45, 2.75) is 46.3 Å². The smallest absolute Gasteiger partial charge is 0.407 e. The van der Waals surface area contributed by atoms with Crippen LogP contribution in [0.5, 0.6) is 5.75 Å². The predicted octanol–water partition coefficient (Wildman–Crippen LogP) is 7.94. The average molecular weight is 636 g/mol. The summed E-state index contributed by atoms with van der Waals surface area (Å²) in [6, 6.07) is 10.8. The molecular formula is C30H30Cl3FN4O4. The average Bonchev–Trinajstić information content (AvgIpc) is 3.21. The number of halogens is 4. The second kappa shape index (κ2) is 12.8. The largest absolute Gasteiger partial charge is 0.493 e. The van der Waals surface area contributed by atoms with E-state index < -0.39 is 23.4 Å². The van der Waals surface area contributed by atoms with Crippen molar-refractivity contribution in [1.29, 1.82) is 0 Å². The van der Waals surface area contributed by atoms with Gasteiger partial charge in [-0.15, -0.1) is 0 Å². The number of hydrogen-bond donors (Lipinski definition) is 2. The summed E-state index contributed by atoms with van der Waals surface area (Å²) in [5, 5.41) is 6.18. The van der Waals surface area contributed by atoms with Gasteiger partial charge in [-0.1, -0.05) is 40.9 Å². The molecule has 0 saturated heterocycles. The van der Waals surface area contributed by atoms with Gasteiger partial charge in [-0.25, -0.2) is 14.2 Å². The number of hydrogen-bond acceptors (Lipinski definition) is 5. The first-order chi connectivity index (χ1) is 19.8. The standard InChI is InChI=1S/C30H30Cl3FN4O4/c1-6-41-25-14-24-23(12-19(25)28(39)36-17-8-10-22(34)21(32)11-17)37-26(38(24)5)13-18-20(31)9-7-16(27(18)33)15-35-29(40)42-30(2,3)4/h7-12,14H,6,13,15H2,1-5H3,(H,35,40)(H,36,39). The van der Waals surface area contributed by atoms with E-state index in [1.807, 2.05) is 18.5 Å². The number of aryl methyl sites for hydroxylation is 1. The molecule has 0 bridgehead atoms. The van der Waals surface area contributed by atoms with Gasteiger partial charge in [-0.2, -0.15) is 0 Å². The second-order valence-electron chi connectivity index (χ2n) is 10.5. The fourth-order valence-electron chi connectivity index (χ4n) is 4.24. The van der Waals surface area contributed by atoms with Crippen LogP contribution in [0.1, 0.15) is 55.0 Å². The fourth-order valence-corrected chi connectivity index (χ4v) is 4.99. The zero-order chi connectivity index (χ0) is 30.8. The first-order valence-electron chi connectivity index (χ1n) is 13.1. The Morgan fingerprint density at radius 2 is 1.79 bits per heavy atom. The van der Waals surface area contributed by atoms with Crippen molar-refractivity contribution in [3.63, 3.8) is 0 Å². The van der Waals surface area contributed by atoms with Gasteiger partial charge in [0.2, 0.25) is 0 Å². The van der Waals surface area contributed by atoms with E-state index in [-0.39, 0.29) is 23.6 Å². The van der Waals surface area contributed by atoms with Gasteiger partial charge in [0, 0.05) is 36.8 Å². The number of nitrogens with zero attached hydrogens (tertiary/aromatic N) is 2. The number of ether oxygens (including phenoxy) is 2. The Morgan fingerprint density at radius 3 is 2.45 bits per heavy atom. The van der Waals surface area contributed by atoms with Crippen LogP contribution in [-0.2, 0) is 24.8 Å². The zero-order valence-corrected chi connectivity index (χ0v) is 26.0. The lowest BCUT2D eigenvalue weighted by atomic mass is 10.1. The van der Waals surface area contributed by atoms with Gasteiger partial charge in [0.1, 0.15) is 23.0 Å². The minimum atomic E-state index is -0.628. The van der Waals surface area contributed by atoms with Crippen LogP contribution >= 0.6 is 34.8 Å². The molecule has 0 aliphatic rings. The SMILES string of the molecule is CCOc1cc2c(cc1C(=O)Nc1ccc(F)c(Cl)c1)nc(Cc1c(Cl)ccc(CNC(=O)OC(C)(C)C)c1Cl)n2C. The Labute approximate surface area is 258 Å². The van der Waals surface area contributed by atoms with Crippen LogP contribution in [0.25, 0.3) is 11.0 Å². The Morgan fingerprint density at radius 1 is 1.05 bits per heavy atom. The molecule has 0 spiro atoms. The van der Waals surface area contributed by atoms with Crippen LogP contribution in [0, 0.1) is 5.82 Å². The summed E-state index contributed by atoms with van der Waals surface area (Å²) >= 11 is 19.2. The number of nitrogens with one attached hydrogen (secondary N) is 2. The van der Waals surface area contributed by atoms with E-state index in [2.05, 4.69) is 10.6 Å². The highest BCUT2D eigenvalue weighted by molar-refractivity contribution is 6.36. The number of carbonyl (C=O) groups excluding carboxylic acids is 2. The third-order valence-corrected chi connectivity index (χ3v) is 7.33. The minimum Gasteiger partial charge on any atom is -0.493 e. The molecule has 2 N–H and O–H groups in total. The summed E-state index contributed by atoms with van der Waals surface area (Å²) in [5.74, 6) is -0.0587. The number of alkyl carbamates (subject to hydrolysis) is 1. The third-order valence-electron chi connectivity index (χ3n) is 6.22. The second-order valence-corrected chi connectivity index (χ2v) is 11.7. The minimum absolute atomic E-state index is 0.107. The van der Waals surface area contributed by atoms with E-state index in [0.29, 0.717) is 50.6 Å². The lowest BCUT2D eigenvalue weighted by Gasteiger charge is -2.20. The van der Waals surface area contributed by atoms with Crippen molar-refractivity contribution in [2.75, 3.05) is 11.9 Å². The Bertz CT molecular complexity index is 1670. The van der Waals surface area contributed by atoms with Gasteiger partial charge in [-0.05, 0) is 69.2 Å². The van der Waals surface area contributed by atoms with Gasteiger partial charge in [-0.3, -0.25) is 4.79 Å². The number of anilines is 1. The summed E-state index contributed by atoms with van der Waals surface area (Å²) in [4.78, 5) is 30.1. The van der Waals surface area contributed by atoms with Crippen molar-refractivity contribution in [3.05, 3.63) is 85.9 Å². The van der Waals surface area contributed by atoms with E-state index in [1.54, 1.807) is 45.0 Å². The van der Waals surface area contributed by atoms with Crippen molar-refractivity contribution >= 4 is 63.5 Å². The molecule has 8 nitrogen and oxygen atoms in total. The Balaban J connectivity index is 1.63. The lowest BCUT2D eigenvalue weighted by Crippen LogP contribution is -2.32. The van der Waals surface area contributed by atoms with E-state index in [4.69, 9.17) is 49.3 Å². The summed E-state index contributed by atoms with van der Waals surface area (Å²) in [6.07, 6.45) is -0.277. The van der Waals surface area contributed by atoms with Crippen molar-refractivity contribution in [1.82, 2.24) is 14.9 Å². The van der Waals surface area contributed by atoms with Crippen LogP contribution in [0.15, 0.2) is 42.5 Å². The van der Waals surface area contributed by atoms with Crippen molar-refractivity contribution < 1.29 is 23.5 Å². The molecule has 1 aromatic heterocycles. The van der Waals surface area contributed by atoms with Crippen molar-refractivity contribution in [2.24, 2.45) is 7.05 Å². The predicted molar refractivity (Wildman–Crippen MR) is 164 cm³/mol. The molecule has 4 aromatic rings. The number of benzene rings is 3. The third kappa shape index (κ3) is 7.27. The van der Waals surface area contributed by atoms with Gasteiger partial charge < -0.3 is 24.7 Å². The number of rotatable bonds is 8. The molecular weight excluding hydrogens is 606 g/mol. The molecule has 0 unspecified atom stereocenters. The zero-order valence-electron chi connectivity index (χ0n) is 23.7. The maximum atomic E-state index is 13.6. The van der Waals surface area contributed by atoms with Gasteiger partial charge >= 0.3 is 6.09 Å². The Hall–Kier alpha value is -3.53.